The first-order valence-corrected chi connectivity index (χ1v) is 6.47. The summed E-state index contributed by atoms with van der Waals surface area (Å²) in [7, 11) is 0. The molecule has 0 bridgehead atoms. The minimum absolute atomic E-state index is 0.00735. The molecule has 1 aromatic rings. The van der Waals surface area contributed by atoms with Gasteiger partial charge in [0, 0.05) is 6.54 Å². The van der Waals surface area contributed by atoms with Crippen molar-refractivity contribution in [2.45, 2.75) is 45.4 Å². The van der Waals surface area contributed by atoms with Crippen LogP contribution in [-0.2, 0) is 16.1 Å². The molecule has 2 N–H and O–H groups in total. The summed E-state index contributed by atoms with van der Waals surface area (Å²) < 4.78 is 6.22. The molecule has 10 heteroatoms. The average Bonchev–Trinajstić information content (AvgIpc) is 2.80. The molecule has 1 amide bonds. The van der Waals surface area contributed by atoms with Crippen molar-refractivity contribution in [1.29, 1.82) is 0 Å². The Kier molecular flexibility index (Phi) is 5.44. The summed E-state index contributed by atoms with van der Waals surface area (Å²) in [6.45, 7) is 5.07. The van der Waals surface area contributed by atoms with Crippen LogP contribution in [0.2, 0.25) is 0 Å². The highest BCUT2D eigenvalue weighted by Crippen LogP contribution is 2.10. The fourth-order valence-corrected chi connectivity index (χ4v) is 1.54. The van der Waals surface area contributed by atoms with Crippen LogP contribution in [0.4, 0.5) is 10.5 Å². The highest BCUT2D eigenvalue weighted by atomic mass is 16.6. The fraction of sp³-hybridized carbons (Fsp3) is 0.583. The van der Waals surface area contributed by atoms with Gasteiger partial charge >= 0.3 is 17.7 Å². The van der Waals surface area contributed by atoms with E-state index in [1.807, 2.05) is 0 Å². The first kappa shape index (κ1) is 17.4. The quantitative estimate of drug-likeness (QED) is 0.593. The molecule has 1 aromatic heterocycles. The molecular formula is C12H18N4O6. The predicted molar refractivity (Wildman–Crippen MR) is 74.3 cm³/mol. The van der Waals surface area contributed by atoms with Crippen molar-refractivity contribution in [1.82, 2.24) is 15.1 Å². The van der Waals surface area contributed by atoms with Crippen molar-refractivity contribution < 1.29 is 24.4 Å². The van der Waals surface area contributed by atoms with Gasteiger partial charge in [0.2, 0.25) is 0 Å². The number of carboxylic acids is 1. The topological polar surface area (TPSA) is 137 Å². The maximum Gasteiger partial charge on any atom is 0.408 e. The summed E-state index contributed by atoms with van der Waals surface area (Å²) in [5.41, 5.74) is -0.928. The molecule has 0 unspecified atom stereocenters. The van der Waals surface area contributed by atoms with Gasteiger partial charge in [-0.15, -0.1) is 0 Å². The second-order valence-corrected chi connectivity index (χ2v) is 5.54. The van der Waals surface area contributed by atoms with E-state index in [2.05, 4.69) is 10.4 Å². The zero-order chi connectivity index (χ0) is 16.9. The van der Waals surface area contributed by atoms with E-state index in [-0.39, 0.29) is 18.7 Å². The Morgan fingerprint density at radius 1 is 1.55 bits per heavy atom. The number of aromatic nitrogens is 2. The molecule has 0 aliphatic carbocycles. The second kappa shape index (κ2) is 6.87. The summed E-state index contributed by atoms with van der Waals surface area (Å²) in [6, 6.07) is -1.18. The van der Waals surface area contributed by atoms with E-state index < -0.39 is 28.6 Å². The lowest BCUT2D eigenvalue weighted by Gasteiger charge is -2.21. The number of carbonyl (C=O) groups excluding carboxylic acids is 1. The van der Waals surface area contributed by atoms with Crippen LogP contribution >= 0.6 is 0 Å². The van der Waals surface area contributed by atoms with Gasteiger partial charge in [-0.2, -0.15) is 5.10 Å². The third-order valence-electron chi connectivity index (χ3n) is 2.47. The maximum atomic E-state index is 11.6. The van der Waals surface area contributed by atoms with Gasteiger partial charge in [0.1, 0.15) is 24.0 Å². The van der Waals surface area contributed by atoms with Crippen molar-refractivity contribution in [2.24, 2.45) is 0 Å². The Morgan fingerprint density at radius 3 is 2.64 bits per heavy atom. The van der Waals surface area contributed by atoms with Crippen LogP contribution in [0.1, 0.15) is 27.2 Å². The smallest absolute Gasteiger partial charge is 0.408 e. The van der Waals surface area contributed by atoms with Crippen LogP contribution in [-0.4, -0.2) is 43.5 Å². The number of hydrogen-bond donors (Lipinski definition) is 2. The van der Waals surface area contributed by atoms with Gasteiger partial charge in [-0.25, -0.2) is 9.59 Å². The van der Waals surface area contributed by atoms with E-state index in [1.54, 1.807) is 20.8 Å². The number of rotatable bonds is 6. The Labute approximate surface area is 126 Å². The lowest BCUT2D eigenvalue weighted by atomic mass is 10.2. The molecular weight excluding hydrogens is 296 g/mol. The molecule has 0 saturated carbocycles. The molecule has 0 saturated heterocycles. The van der Waals surface area contributed by atoms with Gasteiger partial charge in [0.05, 0.1) is 4.92 Å². The van der Waals surface area contributed by atoms with E-state index in [1.165, 1.54) is 10.9 Å². The third-order valence-corrected chi connectivity index (χ3v) is 2.47. The summed E-state index contributed by atoms with van der Waals surface area (Å²) >= 11 is 0. The number of amides is 1. The number of nitrogens with zero attached hydrogens (tertiary/aromatic N) is 3. The highest BCUT2D eigenvalue weighted by molar-refractivity contribution is 5.79. The number of carbonyl (C=O) groups is 2. The van der Waals surface area contributed by atoms with E-state index >= 15 is 0 Å². The maximum absolute atomic E-state index is 11.6. The largest absolute Gasteiger partial charge is 0.480 e. The Bertz CT molecular complexity index is 562. The normalized spacial score (nSPS) is 12.5. The number of alkyl carbamates (subject to hydrolysis) is 1. The van der Waals surface area contributed by atoms with Crippen LogP contribution in [0.15, 0.2) is 12.4 Å². The summed E-state index contributed by atoms with van der Waals surface area (Å²) in [5, 5.41) is 25.6. The number of aryl methyl sites for hydroxylation is 1. The zero-order valence-electron chi connectivity index (χ0n) is 12.5. The summed E-state index contributed by atoms with van der Waals surface area (Å²) in [4.78, 5) is 32.6. The van der Waals surface area contributed by atoms with Crippen LogP contribution in [0.5, 0.6) is 0 Å². The standard InChI is InChI=1S/C12H18N4O6/c1-12(2,3)22-11(19)14-9(10(17)18)4-5-15-7-8(6-13-15)16(20)21/h6-7,9H,4-5H2,1-3H3,(H,14,19)(H,17,18)/t9-/m0/s1. The molecule has 0 fully saturated rings. The molecule has 0 spiro atoms. The number of ether oxygens (including phenoxy) is 1. The second-order valence-electron chi connectivity index (χ2n) is 5.54. The van der Waals surface area contributed by atoms with E-state index in [0.29, 0.717) is 0 Å². The fourth-order valence-electron chi connectivity index (χ4n) is 1.54. The molecule has 122 valence electrons. The van der Waals surface area contributed by atoms with E-state index in [0.717, 1.165) is 6.20 Å². The minimum Gasteiger partial charge on any atom is -0.480 e. The van der Waals surface area contributed by atoms with Gasteiger partial charge in [-0.05, 0) is 27.2 Å². The van der Waals surface area contributed by atoms with E-state index in [4.69, 9.17) is 9.84 Å². The number of aliphatic carboxylic acids is 1. The number of carboxylic acid groups (broad SMARTS) is 1. The van der Waals surface area contributed by atoms with Gasteiger partial charge in [-0.3, -0.25) is 14.8 Å². The molecule has 1 heterocycles. The Balaban J connectivity index is 2.59. The highest BCUT2D eigenvalue weighted by Gasteiger charge is 2.24. The van der Waals surface area contributed by atoms with Crippen molar-refractivity contribution in [3.63, 3.8) is 0 Å². The number of hydrogen-bond acceptors (Lipinski definition) is 6. The number of nitrogens with one attached hydrogen (secondary N) is 1. The zero-order valence-corrected chi connectivity index (χ0v) is 12.5. The van der Waals surface area contributed by atoms with Crippen LogP contribution in [0.3, 0.4) is 0 Å². The molecule has 0 aliphatic rings. The monoisotopic (exact) mass is 314 g/mol. The van der Waals surface area contributed by atoms with Gasteiger partial charge in [0.15, 0.2) is 0 Å². The first-order chi connectivity index (χ1) is 10.1. The summed E-state index contributed by atoms with van der Waals surface area (Å²) in [5.74, 6) is -1.23. The van der Waals surface area contributed by atoms with Gasteiger partial charge in [0.25, 0.3) is 0 Å². The first-order valence-electron chi connectivity index (χ1n) is 6.47. The van der Waals surface area contributed by atoms with Crippen molar-refractivity contribution >= 4 is 17.7 Å². The third kappa shape index (κ3) is 5.77. The van der Waals surface area contributed by atoms with Crippen molar-refractivity contribution in [3.05, 3.63) is 22.5 Å². The summed E-state index contributed by atoms with van der Waals surface area (Å²) in [6.07, 6.45) is 1.42. The molecule has 0 radical (unpaired) electrons. The lowest BCUT2D eigenvalue weighted by Crippen LogP contribution is -2.44. The van der Waals surface area contributed by atoms with Crippen LogP contribution in [0, 0.1) is 10.1 Å². The molecule has 0 aromatic carbocycles. The number of nitro groups is 1. The Hall–Kier alpha value is -2.65. The van der Waals surface area contributed by atoms with Crippen LogP contribution in [0.25, 0.3) is 0 Å². The predicted octanol–water partition coefficient (Wildman–Crippen LogP) is 1.16. The molecule has 1 atom stereocenters. The average molecular weight is 314 g/mol. The van der Waals surface area contributed by atoms with E-state index in [9.17, 15) is 19.7 Å². The van der Waals surface area contributed by atoms with Gasteiger partial charge in [-0.1, -0.05) is 0 Å². The molecule has 10 nitrogen and oxygen atoms in total. The SMILES string of the molecule is CC(C)(C)OC(=O)N[C@@H](CCn1cc([N+](=O)[O-])cn1)C(=O)O. The van der Waals surface area contributed by atoms with Gasteiger partial charge < -0.3 is 15.2 Å². The lowest BCUT2D eigenvalue weighted by molar-refractivity contribution is -0.385. The van der Waals surface area contributed by atoms with Crippen molar-refractivity contribution in [2.75, 3.05) is 0 Å². The molecule has 0 aliphatic heterocycles. The minimum atomic E-state index is -1.23. The molecule has 1 rings (SSSR count). The molecule has 22 heavy (non-hydrogen) atoms. The van der Waals surface area contributed by atoms with Crippen molar-refractivity contribution in [3.8, 4) is 0 Å². The van der Waals surface area contributed by atoms with Crippen LogP contribution < -0.4 is 5.32 Å². The Morgan fingerprint density at radius 2 is 2.18 bits per heavy atom.